The number of allylic oxidation sites excluding steroid dienone is 3. The van der Waals surface area contributed by atoms with E-state index in [9.17, 15) is 9.59 Å². The van der Waals surface area contributed by atoms with Gasteiger partial charge >= 0.3 is 5.97 Å². The lowest BCUT2D eigenvalue weighted by molar-refractivity contribution is -0.144. The average Bonchev–Trinajstić information content (AvgIpc) is 3.23. The van der Waals surface area contributed by atoms with Crippen LogP contribution in [0.4, 0.5) is 0 Å². The van der Waals surface area contributed by atoms with Gasteiger partial charge in [0.15, 0.2) is 17.3 Å². The van der Waals surface area contributed by atoms with Gasteiger partial charge < -0.3 is 19.5 Å². The Kier molecular flexibility index (Phi) is 6.06. The van der Waals surface area contributed by atoms with E-state index in [-0.39, 0.29) is 23.3 Å². The maximum absolute atomic E-state index is 13.5. The monoisotopic (exact) mass is 439 g/mol. The number of hydrogen-bond donors (Lipinski definition) is 1. The minimum absolute atomic E-state index is 0.0530. The van der Waals surface area contributed by atoms with Gasteiger partial charge in [0.05, 0.1) is 25.7 Å². The molecule has 0 unspecified atom stereocenters. The number of carbonyl (C=O) groups excluding carboxylic acids is 2. The van der Waals surface area contributed by atoms with Crippen LogP contribution in [0.5, 0.6) is 11.5 Å². The zero-order chi connectivity index (χ0) is 23.0. The SMILES string of the molecule is COc1cccc([C@@H]2C(C(=O)OC3CCCC3)=C(C)NC3=C2C(=O)CC(C)(C)C3)c1OC. The summed E-state index contributed by atoms with van der Waals surface area (Å²) in [6.07, 6.45) is 5.03. The first kappa shape index (κ1) is 22.4. The molecule has 0 aromatic heterocycles. The highest BCUT2D eigenvalue weighted by Gasteiger charge is 2.44. The van der Waals surface area contributed by atoms with Gasteiger partial charge in [-0.3, -0.25) is 4.79 Å². The van der Waals surface area contributed by atoms with Crippen LogP contribution < -0.4 is 14.8 Å². The fourth-order valence-corrected chi connectivity index (χ4v) is 5.38. The lowest BCUT2D eigenvalue weighted by atomic mass is 9.68. The molecule has 6 nitrogen and oxygen atoms in total. The summed E-state index contributed by atoms with van der Waals surface area (Å²) in [6.45, 7) is 6.08. The third-order valence-corrected chi connectivity index (χ3v) is 6.78. The van der Waals surface area contributed by atoms with Crippen LogP contribution in [0.2, 0.25) is 0 Å². The minimum Gasteiger partial charge on any atom is -0.493 e. The standard InChI is InChI=1S/C26H33NO5/c1-15-21(25(29)32-16-9-6-7-10-16)22(17-11-8-12-20(30-4)24(17)31-5)23-18(27-15)13-26(2,3)14-19(23)28/h8,11-12,16,22,27H,6-7,9-10,13-14H2,1-5H3/t22-/m1/s1. The summed E-state index contributed by atoms with van der Waals surface area (Å²) in [5.74, 6) is 0.229. The molecule has 172 valence electrons. The number of methoxy groups -OCH3 is 2. The van der Waals surface area contributed by atoms with Crippen molar-refractivity contribution in [1.29, 1.82) is 0 Å². The molecule has 1 aromatic carbocycles. The van der Waals surface area contributed by atoms with Gasteiger partial charge in [-0.2, -0.15) is 0 Å². The molecule has 0 radical (unpaired) electrons. The van der Waals surface area contributed by atoms with Gasteiger partial charge in [-0.05, 0) is 50.5 Å². The summed E-state index contributed by atoms with van der Waals surface area (Å²) in [5.41, 5.74) is 3.33. The Labute approximate surface area is 190 Å². The third kappa shape index (κ3) is 4.03. The Hall–Kier alpha value is -2.76. The first-order chi connectivity index (χ1) is 15.3. The summed E-state index contributed by atoms with van der Waals surface area (Å²) in [5, 5.41) is 3.39. The molecular formula is C26H33NO5. The summed E-state index contributed by atoms with van der Waals surface area (Å²) in [4.78, 5) is 26.9. The van der Waals surface area contributed by atoms with Crippen molar-refractivity contribution in [3.63, 3.8) is 0 Å². The van der Waals surface area contributed by atoms with Gasteiger partial charge in [-0.1, -0.05) is 26.0 Å². The molecular weight excluding hydrogens is 406 g/mol. The Morgan fingerprint density at radius 3 is 2.47 bits per heavy atom. The maximum Gasteiger partial charge on any atom is 0.337 e. The number of rotatable bonds is 5. The summed E-state index contributed by atoms with van der Waals surface area (Å²) in [7, 11) is 3.16. The molecule has 0 bridgehead atoms. The fraction of sp³-hybridized carbons (Fsp3) is 0.538. The van der Waals surface area contributed by atoms with Crippen LogP contribution in [0.3, 0.4) is 0 Å². The quantitative estimate of drug-likeness (QED) is 0.665. The molecule has 1 aliphatic heterocycles. The molecule has 0 amide bonds. The largest absolute Gasteiger partial charge is 0.493 e. The van der Waals surface area contributed by atoms with Crippen LogP contribution >= 0.6 is 0 Å². The number of dihydropyridines is 1. The Bertz CT molecular complexity index is 997. The zero-order valence-electron chi connectivity index (χ0n) is 19.7. The molecule has 1 heterocycles. The molecule has 4 rings (SSSR count). The molecule has 1 aromatic rings. The molecule has 0 spiro atoms. The molecule has 2 aliphatic carbocycles. The van der Waals surface area contributed by atoms with Crippen molar-refractivity contribution in [3.8, 4) is 11.5 Å². The van der Waals surface area contributed by atoms with Gasteiger partial charge in [0.2, 0.25) is 0 Å². The van der Waals surface area contributed by atoms with Crippen molar-refractivity contribution in [2.24, 2.45) is 5.41 Å². The van der Waals surface area contributed by atoms with Gasteiger partial charge in [-0.15, -0.1) is 0 Å². The van der Waals surface area contributed by atoms with Crippen LogP contribution in [0.25, 0.3) is 0 Å². The number of carbonyl (C=O) groups is 2. The number of ketones is 1. The normalized spacial score (nSPS) is 23.0. The van der Waals surface area contributed by atoms with E-state index < -0.39 is 5.92 Å². The van der Waals surface area contributed by atoms with E-state index in [2.05, 4.69) is 19.2 Å². The molecule has 6 heteroatoms. The van der Waals surface area contributed by atoms with Crippen LogP contribution in [0.15, 0.2) is 40.7 Å². The van der Waals surface area contributed by atoms with Gasteiger partial charge in [0.1, 0.15) is 6.10 Å². The van der Waals surface area contributed by atoms with E-state index in [0.717, 1.165) is 49.1 Å². The molecule has 32 heavy (non-hydrogen) atoms. The number of ether oxygens (including phenoxy) is 3. The highest BCUT2D eigenvalue weighted by Crippen LogP contribution is 2.50. The highest BCUT2D eigenvalue weighted by molar-refractivity contribution is 6.04. The van der Waals surface area contributed by atoms with Crippen LogP contribution in [-0.4, -0.2) is 32.1 Å². The molecule has 1 fully saturated rings. The first-order valence-electron chi connectivity index (χ1n) is 11.4. The minimum atomic E-state index is -0.561. The second-order valence-corrected chi connectivity index (χ2v) is 9.82. The number of nitrogens with one attached hydrogen (secondary N) is 1. The summed E-state index contributed by atoms with van der Waals surface area (Å²) < 4.78 is 17.2. The van der Waals surface area contributed by atoms with Crippen molar-refractivity contribution in [2.45, 2.75) is 71.3 Å². The predicted molar refractivity (Wildman–Crippen MR) is 122 cm³/mol. The fourth-order valence-electron chi connectivity index (χ4n) is 5.38. The second-order valence-electron chi connectivity index (χ2n) is 9.82. The zero-order valence-corrected chi connectivity index (χ0v) is 19.7. The Morgan fingerprint density at radius 2 is 1.81 bits per heavy atom. The van der Waals surface area contributed by atoms with Gasteiger partial charge in [-0.25, -0.2) is 4.79 Å². The highest BCUT2D eigenvalue weighted by atomic mass is 16.5. The Balaban J connectivity index is 1.86. The van der Waals surface area contributed by atoms with E-state index in [0.29, 0.717) is 29.1 Å². The predicted octanol–water partition coefficient (Wildman–Crippen LogP) is 4.79. The second kappa shape index (κ2) is 8.64. The Morgan fingerprint density at radius 1 is 1.09 bits per heavy atom. The third-order valence-electron chi connectivity index (χ3n) is 6.78. The number of Topliss-reactive ketones (excluding diaryl/α,β-unsaturated/α-hetero) is 1. The van der Waals surface area contributed by atoms with Crippen LogP contribution in [-0.2, 0) is 14.3 Å². The van der Waals surface area contributed by atoms with Crippen molar-refractivity contribution in [3.05, 3.63) is 46.3 Å². The molecule has 3 aliphatic rings. The van der Waals surface area contributed by atoms with E-state index in [1.165, 1.54) is 0 Å². The summed E-state index contributed by atoms with van der Waals surface area (Å²) >= 11 is 0. The smallest absolute Gasteiger partial charge is 0.337 e. The van der Waals surface area contributed by atoms with E-state index in [1.807, 2.05) is 25.1 Å². The molecule has 1 atom stereocenters. The van der Waals surface area contributed by atoms with Crippen molar-refractivity contribution in [1.82, 2.24) is 5.32 Å². The van der Waals surface area contributed by atoms with E-state index >= 15 is 0 Å². The lowest BCUT2D eigenvalue weighted by Gasteiger charge is -2.39. The topological polar surface area (TPSA) is 73.9 Å². The van der Waals surface area contributed by atoms with Crippen molar-refractivity contribution < 1.29 is 23.8 Å². The van der Waals surface area contributed by atoms with Gasteiger partial charge in [0, 0.05) is 29.0 Å². The molecule has 0 saturated heterocycles. The average molecular weight is 440 g/mol. The van der Waals surface area contributed by atoms with Crippen LogP contribution in [0.1, 0.15) is 70.8 Å². The number of hydrogen-bond acceptors (Lipinski definition) is 6. The van der Waals surface area contributed by atoms with E-state index in [1.54, 1.807) is 14.2 Å². The van der Waals surface area contributed by atoms with Crippen molar-refractivity contribution in [2.75, 3.05) is 14.2 Å². The maximum atomic E-state index is 13.5. The molecule has 1 N–H and O–H groups in total. The summed E-state index contributed by atoms with van der Waals surface area (Å²) in [6, 6.07) is 5.59. The number of benzene rings is 1. The lowest BCUT2D eigenvalue weighted by Crippen LogP contribution is -2.39. The first-order valence-corrected chi connectivity index (χ1v) is 11.4. The van der Waals surface area contributed by atoms with Gasteiger partial charge in [0.25, 0.3) is 0 Å². The number of para-hydroxylation sites is 1. The van der Waals surface area contributed by atoms with Crippen LogP contribution in [0, 0.1) is 5.41 Å². The van der Waals surface area contributed by atoms with Crippen molar-refractivity contribution >= 4 is 11.8 Å². The molecule has 1 saturated carbocycles. The van der Waals surface area contributed by atoms with E-state index in [4.69, 9.17) is 14.2 Å². The number of esters is 1.